The lowest BCUT2D eigenvalue weighted by molar-refractivity contribution is 0.633. The van der Waals surface area contributed by atoms with E-state index < -0.39 is 0 Å². The molecule has 18 heavy (non-hydrogen) atoms. The van der Waals surface area contributed by atoms with Crippen molar-refractivity contribution in [2.45, 2.75) is 32.6 Å². The summed E-state index contributed by atoms with van der Waals surface area (Å²) in [5.74, 6) is 0.622. The van der Waals surface area contributed by atoms with Crippen molar-refractivity contribution < 1.29 is 0 Å². The predicted molar refractivity (Wildman–Crippen MR) is 72.1 cm³/mol. The molecule has 0 N–H and O–H groups in total. The summed E-state index contributed by atoms with van der Waals surface area (Å²) in [6.45, 7) is 2.01. The highest BCUT2D eigenvalue weighted by Crippen LogP contribution is 2.21. The maximum Gasteiger partial charge on any atom is 0.200 e. The van der Waals surface area contributed by atoms with Crippen molar-refractivity contribution in [1.29, 1.82) is 0 Å². The lowest BCUT2D eigenvalue weighted by Gasteiger charge is -2.13. The molecule has 1 aliphatic rings. The van der Waals surface area contributed by atoms with Crippen LogP contribution in [0.3, 0.4) is 0 Å². The summed E-state index contributed by atoms with van der Waals surface area (Å²) in [7, 11) is 0. The number of hydrogen-bond acceptors (Lipinski definition) is 4. The molecular formula is C13H13BrN4. The van der Waals surface area contributed by atoms with Crippen molar-refractivity contribution in [2.24, 2.45) is 0 Å². The third kappa shape index (κ3) is 2.14. The molecule has 3 rings (SSSR count). The van der Waals surface area contributed by atoms with Crippen LogP contribution < -0.4 is 0 Å². The van der Waals surface area contributed by atoms with Gasteiger partial charge < -0.3 is 0 Å². The molecule has 5 heteroatoms. The van der Waals surface area contributed by atoms with E-state index in [1.54, 1.807) is 0 Å². The number of hydrogen-bond donors (Lipinski definition) is 0. The van der Waals surface area contributed by atoms with Gasteiger partial charge in [-0.15, -0.1) is 5.10 Å². The van der Waals surface area contributed by atoms with E-state index in [1.165, 1.54) is 12.8 Å². The minimum atomic E-state index is 0.622. The molecule has 2 aromatic heterocycles. The van der Waals surface area contributed by atoms with Gasteiger partial charge in [0.15, 0.2) is 0 Å². The molecule has 0 fully saturated rings. The second-order valence-corrected chi connectivity index (χ2v) is 5.29. The fraction of sp³-hybridized carbons (Fsp3) is 0.385. The zero-order chi connectivity index (χ0) is 12.5. The van der Waals surface area contributed by atoms with Crippen molar-refractivity contribution in [3.63, 3.8) is 0 Å². The topological polar surface area (TPSA) is 51.6 Å². The van der Waals surface area contributed by atoms with E-state index in [0.29, 0.717) is 5.82 Å². The van der Waals surface area contributed by atoms with Gasteiger partial charge in [0, 0.05) is 0 Å². The molecule has 0 aromatic carbocycles. The number of pyridine rings is 1. The van der Waals surface area contributed by atoms with E-state index in [9.17, 15) is 0 Å². The number of aromatic nitrogens is 4. The van der Waals surface area contributed by atoms with Crippen LogP contribution in [-0.2, 0) is 12.8 Å². The first-order chi connectivity index (χ1) is 8.74. The number of aryl methyl sites for hydroxylation is 3. The summed E-state index contributed by atoms with van der Waals surface area (Å²) in [4.78, 5) is 9.04. The highest BCUT2D eigenvalue weighted by molar-refractivity contribution is 9.10. The maximum atomic E-state index is 4.60. The predicted octanol–water partition coefficient (Wildman–Crippen LogP) is 2.88. The average molecular weight is 305 g/mol. The molecule has 0 spiro atoms. The van der Waals surface area contributed by atoms with Crippen LogP contribution in [0.2, 0.25) is 0 Å². The molecule has 0 bridgehead atoms. The van der Waals surface area contributed by atoms with Crippen LogP contribution in [0, 0.1) is 6.92 Å². The van der Waals surface area contributed by atoms with Crippen LogP contribution >= 0.6 is 15.9 Å². The van der Waals surface area contributed by atoms with Crippen LogP contribution in [0.1, 0.15) is 29.8 Å². The second-order valence-electron chi connectivity index (χ2n) is 4.54. The summed E-state index contributed by atoms with van der Waals surface area (Å²) in [5.41, 5.74) is 4.01. The number of rotatable bonds is 1. The molecule has 0 unspecified atom stereocenters. The summed E-state index contributed by atoms with van der Waals surface area (Å²) in [6.07, 6.45) is 4.39. The van der Waals surface area contributed by atoms with E-state index in [1.807, 2.05) is 19.1 Å². The zero-order valence-corrected chi connectivity index (χ0v) is 11.7. The Morgan fingerprint density at radius 1 is 1.00 bits per heavy atom. The standard InChI is InChI=1S/C13H13BrN4/c1-8-6-7-11(15-12(8)14)13-16-9-4-2-3-5-10(9)17-18-13/h6-7H,2-5H2,1H3. The number of fused-ring (bicyclic) bond motifs is 1. The van der Waals surface area contributed by atoms with Gasteiger partial charge in [0.1, 0.15) is 10.3 Å². The molecular weight excluding hydrogens is 292 g/mol. The van der Waals surface area contributed by atoms with Gasteiger partial charge in [-0.25, -0.2) is 9.97 Å². The molecule has 1 aliphatic carbocycles. The molecule has 0 aliphatic heterocycles. The quantitative estimate of drug-likeness (QED) is 0.760. The summed E-state index contributed by atoms with van der Waals surface area (Å²) < 4.78 is 0.835. The second kappa shape index (κ2) is 4.72. The van der Waals surface area contributed by atoms with Gasteiger partial charge in [0.25, 0.3) is 0 Å². The molecule has 0 saturated carbocycles. The Morgan fingerprint density at radius 2 is 1.78 bits per heavy atom. The van der Waals surface area contributed by atoms with Gasteiger partial charge in [-0.2, -0.15) is 5.10 Å². The Labute approximate surface area is 114 Å². The van der Waals surface area contributed by atoms with Gasteiger partial charge in [-0.3, -0.25) is 0 Å². The minimum Gasteiger partial charge on any atom is -0.237 e. The van der Waals surface area contributed by atoms with E-state index in [2.05, 4.69) is 36.1 Å². The van der Waals surface area contributed by atoms with E-state index in [4.69, 9.17) is 0 Å². The normalized spacial score (nSPS) is 14.3. The average Bonchev–Trinajstić information content (AvgIpc) is 2.41. The summed E-state index contributed by atoms with van der Waals surface area (Å²) in [5, 5.41) is 8.47. The third-order valence-electron chi connectivity index (χ3n) is 3.18. The summed E-state index contributed by atoms with van der Waals surface area (Å²) >= 11 is 3.43. The van der Waals surface area contributed by atoms with Crippen LogP contribution in [-0.4, -0.2) is 20.2 Å². The molecule has 0 amide bonds. The van der Waals surface area contributed by atoms with E-state index >= 15 is 0 Å². The molecule has 2 aromatic rings. The summed E-state index contributed by atoms with van der Waals surface area (Å²) in [6, 6.07) is 3.95. The van der Waals surface area contributed by atoms with Crippen LogP contribution in [0.15, 0.2) is 16.7 Å². The van der Waals surface area contributed by atoms with Gasteiger partial charge >= 0.3 is 0 Å². The Hall–Kier alpha value is -1.36. The molecule has 92 valence electrons. The Kier molecular flexibility index (Phi) is 3.07. The van der Waals surface area contributed by atoms with Gasteiger partial charge in [0.05, 0.1) is 11.4 Å². The molecule has 0 saturated heterocycles. The van der Waals surface area contributed by atoms with Crippen molar-refractivity contribution in [1.82, 2.24) is 20.2 Å². The van der Waals surface area contributed by atoms with Crippen LogP contribution in [0.5, 0.6) is 0 Å². The molecule has 4 nitrogen and oxygen atoms in total. The van der Waals surface area contributed by atoms with Crippen molar-refractivity contribution in [2.75, 3.05) is 0 Å². The lowest BCUT2D eigenvalue weighted by atomic mass is 10.0. The first-order valence-electron chi connectivity index (χ1n) is 6.10. The van der Waals surface area contributed by atoms with Crippen LogP contribution in [0.25, 0.3) is 11.5 Å². The lowest BCUT2D eigenvalue weighted by Crippen LogP contribution is -2.10. The van der Waals surface area contributed by atoms with Crippen LogP contribution in [0.4, 0.5) is 0 Å². The van der Waals surface area contributed by atoms with Crippen molar-refractivity contribution >= 4 is 15.9 Å². The largest absolute Gasteiger partial charge is 0.237 e. The van der Waals surface area contributed by atoms with Gasteiger partial charge in [0.2, 0.25) is 5.82 Å². The highest BCUT2D eigenvalue weighted by atomic mass is 79.9. The Morgan fingerprint density at radius 3 is 2.56 bits per heavy atom. The van der Waals surface area contributed by atoms with Gasteiger partial charge in [-0.05, 0) is 60.2 Å². The van der Waals surface area contributed by atoms with Crippen molar-refractivity contribution in [3.8, 4) is 11.5 Å². The zero-order valence-electron chi connectivity index (χ0n) is 10.1. The fourth-order valence-corrected chi connectivity index (χ4v) is 2.42. The first-order valence-corrected chi connectivity index (χ1v) is 6.89. The monoisotopic (exact) mass is 304 g/mol. The minimum absolute atomic E-state index is 0.622. The first kappa shape index (κ1) is 11.7. The highest BCUT2D eigenvalue weighted by Gasteiger charge is 2.15. The SMILES string of the molecule is Cc1ccc(-c2nnc3c(n2)CCCC3)nc1Br. The molecule has 2 heterocycles. The fourth-order valence-electron chi connectivity index (χ4n) is 2.10. The van der Waals surface area contributed by atoms with E-state index in [0.717, 1.165) is 40.1 Å². The molecule has 0 atom stereocenters. The van der Waals surface area contributed by atoms with Gasteiger partial charge in [-0.1, -0.05) is 6.07 Å². The number of nitrogens with zero attached hydrogens (tertiary/aromatic N) is 4. The molecule has 0 radical (unpaired) electrons. The Bertz CT molecular complexity index is 598. The van der Waals surface area contributed by atoms with Crippen molar-refractivity contribution in [3.05, 3.63) is 33.7 Å². The maximum absolute atomic E-state index is 4.60. The smallest absolute Gasteiger partial charge is 0.200 e. The third-order valence-corrected chi connectivity index (χ3v) is 3.98. The van der Waals surface area contributed by atoms with E-state index in [-0.39, 0.29) is 0 Å². The Balaban J connectivity index is 2.03. The number of halogens is 1.